The Hall–Kier alpha value is -2.74. The van der Waals surface area contributed by atoms with E-state index in [9.17, 15) is 35.9 Å². The first-order chi connectivity index (χ1) is 15.8. The highest BCUT2D eigenvalue weighted by Gasteiger charge is 2.60. The first-order valence-corrected chi connectivity index (χ1v) is 10.2. The second kappa shape index (κ2) is 11.6. The van der Waals surface area contributed by atoms with E-state index in [4.69, 9.17) is 9.84 Å². The van der Waals surface area contributed by atoms with Gasteiger partial charge in [0.15, 0.2) is 0 Å². The molecular weight excluding hydrogens is 476 g/mol. The van der Waals surface area contributed by atoms with Gasteiger partial charge in [0, 0.05) is 45.0 Å². The summed E-state index contributed by atoms with van der Waals surface area (Å²) >= 11 is 0. The standard InChI is InChI=1S/C20H25F6N3O5/c1-13-2-3-14(15(10-13)27-4-9-33-12-16(30)31)11-28-5-7-29(8-6-28)18(32)34-17(19(21,22)23)20(24,25)26/h2-3,10,17,27H,4-9,11-12H2,1H3,(H,30,31). The zero-order chi connectivity index (χ0) is 25.5. The van der Waals surface area contributed by atoms with Crippen LogP contribution >= 0.6 is 0 Å². The maximum atomic E-state index is 12.6. The second-order valence-corrected chi connectivity index (χ2v) is 7.64. The van der Waals surface area contributed by atoms with E-state index in [1.165, 1.54) is 0 Å². The van der Waals surface area contributed by atoms with Gasteiger partial charge < -0.3 is 24.8 Å². The third kappa shape index (κ3) is 8.56. The van der Waals surface area contributed by atoms with E-state index >= 15 is 0 Å². The van der Waals surface area contributed by atoms with Crippen molar-refractivity contribution < 1.29 is 50.5 Å². The van der Waals surface area contributed by atoms with Crippen LogP contribution in [0.3, 0.4) is 0 Å². The van der Waals surface area contributed by atoms with Gasteiger partial charge in [-0.25, -0.2) is 9.59 Å². The van der Waals surface area contributed by atoms with Crippen LogP contribution in [0.25, 0.3) is 0 Å². The normalized spacial score (nSPS) is 15.5. The van der Waals surface area contributed by atoms with E-state index in [-0.39, 0.29) is 32.8 Å². The molecule has 34 heavy (non-hydrogen) atoms. The summed E-state index contributed by atoms with van der Waals surface area (Å²) in [7, 11) is 0. The number of anilines is 1. The molecule has 2 N–H and O–H groups in total. The van der Waals surface area contributed by atoms with Crippen molar-refractivity contribution in [3.63, 3.8) is 0 Å². The molecule has 14 heteroatoms. The van der Waals surface area contributed by atoms with Crippen LogP contribution in [0.1, 0.15) is 11.1 Å². The quantitative estimate of drug-likeness (QED) is 0.397. The van der Waals surface area contributed by atoms with Crippen LogP contribution in [0.15, 0.2) is 18.2 Å². The Morgan fingerprint density at radius 2 is 1.71 bits per heavy atom. The van der Waals surface area contributed by atoms with Crippen molar-refractivity contribution in [1.82, 2.24) is 9.80 Å². The zero-order valence-electron chi connectivity index (χ0n) is 18.2. The van der Waals surface area contributed by atoms with Crippen molar-refractivity contribution in [3.05, 3.63) is 29.3 Å². The maximum absolute atomic E-state index is 12.6. The Morgan fingerprint density at radius 3 is 2.26 bits per heavy atom. The number of aryl methyl sites for hydroxylation is 1. The number of piperazine rings is 1. The first-order valence-electron chi connectivity index (χ1n) is 10.2. The third-order valence-corrected chi connectivity index (χ3v) is 4.89. The monoisotopic (exact) mass is 501 g/mol. The molecule has 0 spiro atoms. The summed E-state index contributed by atoms with van der Waals surface area (Å²) in [6, 6.07) is 5.63. The number of aliphatic carboxylic acids is 1. The molecule has 1 fully saturated rings. The number of rotatable bonds is 9. The maximum Gasteiger partial charge on any atom is 0.434 e. The van der Waals surface area contributed by atoms with E-state index in [1.54, 1.807) is 0 Å². The number of halogens is 6. The highest BCUT2D eigenvalue weighted by Crippen LogP contribution is 2.36. The fraction of sp³-hybridized carbons (Fsp3) is 0.600. The highest BCUT2D eigenvalue weighted by atomic mass is 19.4. The number of hydrogen-bond donors (Lipinski definition) is 2. The van der Waals surface area contributed by atoms with Gasteiger partial charge in [0.25, 0.3) is 6.10 Å². The van der Waals surface area contributed by atoms with E-state index in [0.29, 0.717) is 13.1 Å². The zero-order valence-corrected chi connectivity index (χ0v) is 18.2. The van der Waals surface area contributed by atoms with Gasteiger partial charge in [0.05, 0.1) is 6.61 Å². The molecule has 0 aliphatic carbocycles. The molecule has 0 unspecified atom stereocenters. The topological polar surface area (TPSA) is 91.3 Å². The van der Waals surface area contributed by atoms with Gasteiger partial charge in [-0.2, -0.15) is 26.3 Å². The molecule has 0 radical (unpaired) electrons. The molecule has 0 bridgehead atoms. The smallest absolute Gasteiger partial charge is 0.434 e. The molecular formula is C20H25F6N3O5. The summed E-state index contributed by atoms with van der Waals surface area (Å²) in [5.41, 5.74) is 2.61. The van der Waals surface area contributed by atoms with Crippen molar-refractivity contribution >= 4 is 17.7 Å². The summed E-state index contributed by atoms with van der Waals surface area (Å²) in [6.07, 6.45) is -17.4. The van der Waals surface area contributed by atoms with Gasteiger partial charge in [0.1, 0.15) is 6.61 Å². The van der Waals surface area contributed by atoms with Crippen molar-refractivity contribution in [1.29, 1.82) is 0 Å². The summed E-state index contributed by atoms with van der Waals surface area (Å²) in [5, 5.41) is 11.7. The highest BCUT2D eigenvalue weighted by molar-refractivity contribution is 5.68. The van der Waals surface area contributed by atoms with Crippen LogP contribution in [-0.2, 0) is 20.8 Å². The predicted octanol–water partition coefficient (Wildman–Crippen LogP) is 3.26. The number of nitrogens with one attached hydrogen (secondary N) is 1. The number of benzene rings is 1. The first kappa shape index (κ1) is 27.5. The predicted molar refractivity (Wildman–Crippen MR) is 107 cm³/mol. The SMILES string of the molecule is Cc1ccc(CN2CCN(C(=O)OC(C(F)(F)F)C(F)(F)F)CC2)c(NCCOCC(=O)O)c1. The Morgan fingerprint density at radius 1 is 1.09 bits per heavy atom. The lowest BCUT2D eigenvalue weighted by Gasteiger charge is -2.35. The Kier molecular flexibility index (Phi) is 9.38. The lowest BCUT2D eigenvalue weighted by molar-refractivity contribution is -0.308. The van der Waals surface area contributed by atoms with Gasteiger partial charge in [-0.3, -0.25) is 4.90 Å². The van der Waals surface area contributed by atoms with Gasteiger partial charge in [0.2, 0.25) is 0 Å². The molecule has 192 valence electrons. The van der Waals surface area contributed by atoms with Crippen LogP contribution in [0.2, 0.25) is 0 Å². The molecule has 1 amide bonds. The largest absolute Gasteiger partial charge is 0.480 e. The number of hydrogen-bond acceptors (Lipinski definition) is 6. The fourth-order valence-electron chi connectivity index (χ4n) is 3.23. The summed E-state index contributed by atoms with van der Waals surface area (Å²) < 4.78 is 84.4. The molecule has 2 rings (SSSR count). The van der Waals surface area contributed by atoms with Gasteiger partial charge in [-0.15, -0.1) is 0 Å². The molecule has 0 aromatic heterocycles. The summed E-state index contributed by atoms with van der Waals surface area (Å²) in [4.78, 5) is 25.1. The molecule has 1 aromatic rings. The molecule has 0 saturated carbocycles. The van der Waals surface area contributed by atoms with Crippen LogP contribution in [0, 0.1) is 6.92 Å². The lowest BCUT2D eigenvalue weighted by Crippen LogP contribution is -2.52. The minimum absolute atomic E-state index is 0.0983. The van der Waals surface area contributed by atoms with Gasteiger partial charge in [-0.05, 0) is 24.1 Å². The number of nitrogens with zero attached hydrogens (tertiary/aromatic N) is 2. The number of carboxylic acid groups (broad SMARTS) is 1. The van der Waals surface area contributed by atoms with Crippen molar-refractivity contribution in [2.75, 3.05) is 51.3 Å². The van der Waals surface area contributed by atoms with Gasteiger partial charge in [-0.1, -0.05) is 12.1 Å². The second-order valence-electron chi connectivity index (χ2n) is 7.64. The minimum Gasteiger partial charge on any atom is -0.480 e. The minimum atomic E-state index is -5.76. The number of carboxylic acids is 1. The van der Waals surface area contributed by atoms with Crippen LogP contribution in [0.5, 0.6) is 0 Å². The van der Waals surface area contributed by atoms with E-state index in [1.807, 2.05) is 30.0 Å². The van der Waals surface area contributed by atoms with Gasteiger partial charge >= 0.3 is 24.4 Å². The summed E-state index contributed by atoms with van der Waals surface area (Å²) in [6.45, 7) is 2.63. The van der Waals surface area contributed by atoms with Crippen molar-refractivity contribution in [2.45, 2.75) is 31.9 Å². The Balaban J connectivity index is 1.90. The molecule has 1 saturated heterocycles. The number of carbonyl (C=O) groups excluding carboxylic acids is 1. The number of alkyl halides is 6. The molecule has 1 aromatic carbocycles. The van der Waals surface area contributed by atoms with Crippen LogP contribution in [-0.4, -0.2) is 91.4 Å². The van der Waals surface area contributed by atoms with Crippen LogP contribution in [0.4, 0.5) is 36.8 Å². The van der Waals surface area contributed by atoms with Crippen LogP contribution < -0.4 is 5.32 Å². The fourth-order valence-corrected chi connectivity index (χ4v) is 3.23. The Labute approximate surface area is 191 Å². The summed E-state index contributed by atoms with van der Waals surface area (Å²) in [5.74, 6) is -1.08. The molecule has 0 atom stereocenters. The van der Waals surface area contributed by atoms with E-state index in [2.05, 4.69) is 10.1 Å². The molecule has 8 nitrogen and oxygen atoms in total. The average molecular weight is 501 g/mol. The molecule has 1 heterocycles. The Bertz CT molecular complexity index is 827. The van der Waals surface area contributed by atoms with Crippen molar-refractivity contribution in [3.8, 4) is 0 Å². The number of carbonyl (C=O) groups is 2. The third-order valence-electron chi connectivity index (χ3n) is 4.89. The lowest BCUT2D eigenvalue weighted by atomic mass is 10.1. The van der Waals surface area contributed by atoms with E-state index < -0.39 is 37.1 Å². The molecule has 1 aliphatic heterocycles. The number of ether oxygens (including phenoxy) is 2. The molecule has 1 aliphatic rings. The number of amides is 1. The van der Waals surface area contributed by atoms with Crippen molar-refractivity contribution in [2.24, 2.45) is 0 Å². The van der Waals surface area contributed by atoms with E-state index in [0.717, 1.165) is 21.7 Å². The average Bonchev–Trinajstić information content (AvgIpc) is 2.72.